The van der Waals surface area contributed by atoms with Gasteiger partial charge in [0.25, 0.3) is 0 Å². The molecule has 2 aliphatic carbocycles. The lowest BCUT2D eigenvalue weighted by Gasteiger charge is -2.50. The van der Waals surface area contributed by atoms with Gasteiger partial charge in [-0.1, -0.05) is 74.0 Å². The van der Waals surface area contributed by atoms with Gasteiger partial charge in [-0.15, -0.1) is 23.5 Å². The van der Waals surface area contributed by atoms with E-state index in [1.165, 1.54) is 35.7 Å². The summed E-state index contributed by atoms with van der Waals surface area (Å²) in [6.07, 6.45) is 3.52. The second-order valence-corrected chi connectivity index (χ2v) is 12.8. The Morgan fingerprint density at radius 1 is 0.605 bits per heavy atom. The van der Waals surface area contributed by atoms with Crippen LogP contribution in [0.25, 0.3) is 9.81 Å². The van der Waals surface area contributed by atoms with Crippen LogP contribution in [0.2, 0.25) is 0 Å². The second-order valence-electron chi connectivity index (χ2n) is 10.1. The van der Waals surface area contributed by atoms with Crippen LogP contribution in [0.1, 0.15) is 43.4 Å². The predicted octanol–water partition coefficient (Wildman–Crippen LogP) is 9.69. The number of rotatable bonds is 4. The number of hydrogen-bond donors (Lipinski definition) is 0. The van der Waals surface area contributed by atoms with Crippen molar-refractivity contribution in [3.05, 3.63) is 106 Å². The molecule has 0 amide bonds. The van der Waals surface area contributed by atoms with Crippen LogP contribution in [0.5, 0.6) is 0 Å². The van der Waals surface area contributed by atoms with E-state index in [0.29, 0.717) is 22.7 Å². The first-order chi connectivity index (χ1) is 17.9. The molecular weight excluding hydrogens is 538 g/mol. The molecule has 4 aliphatic rings. The summed E-state index contributed by atoms with van der Waals surface area (Å²) in [6, 6.07) is 16.5. The van der Waals surface area contributed by atoms with Crippen LogP contribution in [0.15, 0.2) is 89.0 Å². The molecule has 2 atom stereocenters. The largest absolute Gasteiger partial charge is 0.380 e. The van der Waals surface area contributed by atoms with Gasteiger partial charge in [0.05, 0.1) is 9.49 Å². The molecule has 0 bridgehead atoms. The smallest absolute Gasteiger partial charge is 0.194 e. The van der Waals surface area contributed by atoms with Crippen molar-refractivity contribution in [3.8, 4) is 0 Å². The lowest BCUT2D eigenvalue weighted by molar-refractivity contribution is -0.258. The van der Waals surface area contributed by atoms with Crippen molar-refractivity contribution < 1.29 is 26.3 Å². The van der Waals surface area contributed by atoms with Crippen molar-refractivity contribution in [3.63, 3.8) is 0 Å². The van der Waals surface area contributed by atoms with Crippen molar-refractivity contribution in [2.24, 2.45) is 0 Å². The van der Waals surface area contributed by atoms with Crippen molar-refractivity contribution in [1.29, 1.82) is 0 Å². The van der Waals surface area contributed by atoms with Gasteiger partial charge in [-0.25, -0.2) is 0 Å². The zero-order valence-electron chi connectivity index (χ0n) is 20.8. The Kier molecular flexibility index (Phi) is 5.53. The van der Waals surface area contributed by atoms with Gasteiger partial charge >= 0.3 is 17.8 Å². The van der Waals surface area contributed by atoms with Crippen molar-refractivity contribution in [2.45, 2.75) is 60.9 Å². The third kappa shape index (κ3) is 2.94. The van der Waals surface area contributed by atoms with Gasteiger partial charge in [0.15, 0.2) is 0 Å². The fourth-order valence-electron chi connectivity index (χ4n) is 6.32. The Hall–Kier alpha value is -2.32. The van der Waals surface area contributed by atoms with E-state index in [9.17, 15) is 0 Å². The molecule has 0 unspecified atom stereocenters. The fourth-order valence-corrected chi connectivity index (χ4v) is 9.85. The van der Waals surface area contributed by atoms with Crippen LogP contribution in [0, 0.1) is 6.92 Å². The average Bonchev–Trinajstić information content (AvgIpc) is 3.51. The first kappa shape index (κ1) is 25.9. The van der Waals surface area contributed by atoms with Crippen molar-refractivity contribution in [2.75, 3.05) is 0 Å². The number of allylic oxidation sites excluding steroid dienone is 4. The molecule has 2 aromatic carbocycles. The SMILES string of the molecule is CC[C@@]12SC(c3ccccc3)=CC1=C1C(=C3C=C(c4ccc(C)cc4)S[C@]32CC)C(F)(F)C(F)(F)C1(F)F. The van der Waals surface area contributed by atoms with Crippen molar-refractivity contribution >= 4 is 33.3 Å². The predicted molar refractivity (Wildman–Crippen MR) is 144 cm³/mol. The maximum absolute atomic E-state index is 15.6. The van der Waals surface area contributed by atoms with Gasteiger partial charge in [-0.2, -0.15) is 26.3 Å². The molecule has 2 aromatic rings. The van der Waals surface area contributed by atoms with E-state index in [-0.39, 0.29) is 11.1 Å². The molecule has 0 saturated heterocycles. The highest BCUT2D eigenvalue weighted by molar-refractivity contribution is 8.14. The molecule has 6 rings (SSSR count). The number of aryl methyl sites for hydroxylation is 1. The minimum atomic E-state index is -5.55. The third-order valence-electron chi connectivity index (χ3n) is 8.24. The molecule has 1 saturated carbocycles. The van der Waals surface area contributed by atoms with Crippen molar-refractivity contribution in [1.82, 2.24) is 0 Å². The standard InChI is InChI=1S/C30H24F6S2/c1-4-26-20(15-22(37-26)18-9-7-6-8-10-18)24-25(29(33,34)30(35,36)28(24,31)32)21-16-23(38-27(21,26)5-2)19-13-11-17(3)12-14-19/h6-16H,4-5H2,1-3H3/t26-,27-/m1/s1. The van der Waals surface area contributed by atoms with Gasteiger partial charge in [0.2, 0.25) is 0 Å². The summed E-state index contributed by atoms with van der Waals surface area (Å²) in [6.45, 7) is 5.56. The minimum Gasteiger partial charge on any atom is -0.194 e. The Labute approximate surface area is 226 Å². The maximum Gasteiger partial charge on any atom is 0.380 e. The number of halogens is 6. The fraction of sp³-hybridized carbons (Fsp3) is 0.333. The third-order valence-corrected chi connectivity index (χ3v) is 11.9. The number of alkyl halides is 6. The molecule has 1 fully saturated rings. The molecule has 0 spiro atoms. The summed E-state index contributed by atoms with van der Waals surface area (Å²) >= 11 is 2.68. The molecule has 198 valence electrons. The summed E-state index contributed by atoms with van der Waals surface area (Å²) in [5.74, 6) is -15.6. The van der Waals surface area contributed by atoms with E-state index >= 15 is 26.3 Å². The lowest BCUT2D eigenvalue weighted by atomic mass is 9.67. The molecule has 38 heavy (non-hydrogen) atoms. The maximum atomic E-state index is 15.6. The van der Waals surface area contributed by atoms with Crippen LogP contribution in [0.4, 0.5) is 26.3 Å². The van der Waals surface area contributed by atoms with E-state index in [1.54, 1.807) is 12.1 Å². The van der Waals surface area contributed by atoms with Crippen LogP contribution >= 0.6 is 23.5 Å². The Morgan fingerprint density at radius 3 is 1.45 bits per heavy atom. The highest BCUT2D eigenvalue weighted by Crippen LogP contribution is 2.76. The molecular formula is C30H24F6S2. The molecule has 8 heteroatoms. The van der Waals surface area contributed by atoms with E-state index in [4.69, 9.17) is 0 Å². The zero-order chi connectivity index (χ0) is 27.3. The molecule has 0 nitrogen and oxygen atoms in total. The Bertz CT molecular complexity index is 1470. The molecule has 0 N–H and O–H groups in total. The summed E-state index contributed by atoms with van der Waals surface area (Å²) in [5.41, 5.74) is -0.123. The first-order valence-electron chi connectivity index (χ1n) is 12.5. The molecule has 2 aliphatic heterocycles. The number of thioether (sulfide) groups is 2. The number of benzene rings is 2. The topological polar surface area (TPSA) is 0 Å². The Morgan fingerprint density at radius 2 is 1.03 bits per heavy atom. The average molecular weight is 563 g/mol. The highest BCUT2D eigenvalue weighted by atomic mass is 32.2. The van der Waals surface area contributed by atoms with Crippen LogP contribution in [-0.4, -0.2) is 27.3 Å². The zero-order valence-corrected chi connectivity index (χ0v) is 22.5. The number of hydrogen-bond acceptors (Lipinski definition) is 2. The van der Waals surface area contributed by atoms with Gasteiger partial charge in [-0.3, -0.25) is 0 Å². The quantitative estimate of drug-likeness (QED) is 0.340. The monoisotopic (exact) mass is 562 g/mol. The summed E-state index contributed by atoms with van der Waals surface area (Å²) < 4.78 is 90.2. The minimum absolute atomic E-state index is 0.0989. The second kappa shape index (κ2) is 8.10. The highest BCUT2D eigenvalue weighted by Gasteiger charge is 2.84. The van der Waals surface area contributed by atoms with Crippen LogP contribution in [-0.2, 0) is 0 Å². The van der Waals surface area contributed by atoms with Crippen LogP contribution < -0.4 is 0 Å². The summed E-state index contributed by atoms with van der Waals surface area (Å²) in [5, 5.41) is 0. The summed E-state index contributed by atoms with van der Waals surface area (Å²) in [7, 11) is 0. The summed E-state index contributed by atoms with van der Waals surface area (Å²) in [4.78, 5) is 1.23. The first-order valence-corrected chi connectivity index (χ1v) is 14.1. The normalized spacial score (nSPS) is 30.1. The van der Waals surface area contributed by atoms with E-state index in [2.05, 4.69) is 0 Å². The van der Waals surface area contributed by atoms with E-state index in [1.807, 2.05) is 63.2 Å². The van der Waals surface area contributed by atoms with E-state index < -0.39 is 38.4 Å². The molecule has 0 aromatic heterocycles. The Balaban J connectivity index is 1.70. The number of fused-ring (bicyclic) bond motifs is 4. The van der Waals surface area contributed by atoms with Gasteiger partial charge in [-0.05, 0) is 54.2 Å². The lowest BCUT2D eigenvalue weighted by Crippen LogP contribution is -2.52. The van der Waals surface area contributed by atoms with Gasteiger partial charge in [0, 0.05) is 21.0 Å². The van der Waals surface area contributed by atoms with Gasteiger partial charge in [0.1, 0.15) is 0 Å². The molecule has 2 heterocycles. The molecule has 0 radical (unpaired) electrons. The van der Waals surface area contributed by atoms with Crippen LogP contribution in [0.3, 0.4) is 0 Å². The van der Waals surface area contributed by atoms with E-state index in [0.717, 1.165) is 16.7 Å². The van der Waals surface area contributed by atoms with Gasteiger partial charge < -0.3 is 0 Å².